The Hall–Kier alpha value is -1.13. The molecule has 2 aromatic rings. The van der Waals surface area contributed by atoms with E-state index in [1.807, 2.05) is 38.2 Å². The van der Waals surface area contributed by atoms with Crippen LogP contribution in [0.1, 0.15) is 5.69 Å². The minimum absolute atomic E-state index is 0.664. The number of hydrogen-bond acceptors (Lipinski definition) is 3. The maximum absolute atomic E-state index is 5.96. The Kier molecular flexibility index (Phi) is 3.64. The topological polar surface area (TPSA) is 37.8 Å². The van der Waals surface area contributed by atoms with Crippen LogP contribution in [0.15, 0.2) is 28.7 Å². The molecule has 0 aliphatic heterocycles. The molecule has 0 unspecified atom stereocenters. The summed E-state index contributed by atoms with van der Waals surface area (Å²) >= 11 is 9.41. The monoisotopic (exact) mass is 311 g/mol. The van der Waals surface area contributed by atoms with Crippen molar-refractivity contribution in [1.82, 2.24) is 9.97 Å². The van der Waals surface area contributed by atoms with E-state index in [1.54, 1.807) is 0 Å². The second-order valence-corrected chi connectivity index (χ2v) is 4.78. The Balaban J connectivity index is 2.56. The number of aryl methyl sites for hydroxylation is 1. The Labute approximate surface area is 113 Å². The average molecular weight is 313 g/mol. The number of benzene rings is 1. The third-order valence-corrected chi connectivity index (χ3v) is 3.52. The van der Waals surface area contributed by atoms with Crippen LogP contribution in [0.3, 0.4) is 0 Å². The predicted octanol–water partition coefficient (Wildman–Crippen LogP) is 3.91. The lowest BCUT2D eigenvalue weighted by Gasteiger charge is -2.08. The molecule has 0 aliphatic rings. The molecule has 1 N–H and O–H groups in total. The first-order valence-electron chi connectivity index (χ1n) is 5.09. The van der Waals surface area contributed by atoms with Crippen LogP contribution >= 0.6 is 27.5 Å². The summed E-state index contributed by atoms with van der Waals surface area (Å²) < 4.78 is 0.880. The average Bonchev–Trinajstić information content (AvgIpc) is 2.32. The summed E-state index contributed by atoms with van der Waals surface area (Å²) in [4.78, 5) is 8.87. The number of rotatable bonds is 2. The van der Waals surface area contributed by atoms with Gasteiger partial charge in [-0.1, -0.05) is 23.7 Å². The number of aromatic nitrogens is 2. The molecule has 17 heavy (non-hydrogen) atoms. The normalized spacial score (nSPS) is 10.4. The van der Waals surface area contributed by atoms with Gasteiger partial charge in [-0.25, -0.2) is 9.97 Å². The number of nitrogens with zero attached hydrogens (tertiary/aromatic N) is 2. The van der Waals surface area contributed by atoms with E-state index in [0.29, 0.717) is 10.8 Å². The highest BCUT2D eigenvalue weighted by Crippen LogP contribution is 2.27. The molecule has 1 heterocycles. The standard InChI is InChI=1S/C12H11BrClN3/c1-7-10(13)12(15-2)17-11(16-7)8-4-3-5-9(14)6-8/h3-6H,1-2H3,(H,15,16,17). The zero-order chi connectivity index (χ0) is 12.4. The molecular formula is C12H11BrClN3. The summed E-state index contributed by atoms with van der Waals surface area (Å²) in [6, 6.07) is 7.50. The summed E-state index contributed by atoms with van der Waals surface area (Å²) in [5, 5.41) is 3.71. The van der Waals surface area contributed by atoms with E-state index in [2.05, 4.69) is 31.2 Å². The van der Waals surface area contributed by atoms with E-state index >= 15 is 0 Å². The van der Waals surface area contributed by atoms with Crippen molar-refractivity contribution in [1.29, 1.82) is 0 Å². The molecule has 0 fully saturated rings. The fourth-order valence-electron chi connectivity index (χ4n) is 1.48. The first kappa shape index (κ1) is 12.3. The summed E-state index contributed by atoms with van der Waals surface area (Å²) in [7, 11) is 1.83. The van der Waals surface area contributed by atoms with Gasteiger partial charge in [0.05, 0.1) is 10.2 Å². The van der Waals surface area contributed by atoms with Crippen molar-refractivity contribution >= 4 is 33.3 Å². The van der Waals surface area contributed by atoms with E-state index in [1.165, 1.54) is 0 Å². The molecular weight excluding hydrogens is 302 g/mol. The third-order valence-electron chi connectivity index (χ3n) is 2.34. The molecule has 0 radical (unpaired) electrons. The van der Waals surface area contributed by atoms with E-state index in [4.69, 9.17) is 11.6 Å². The quantitative estimate of drug-likeness (QED) is 0.913. The Morgan fingerprint density at radius 2 is 2.06 bits per heavy atom. The molecule has 1 aromatic carbocycles. The van der Waals surface area contributed by atoms with Crippen molar-refractivity contribution in [3.63, 3.8) is 0 Å². The van der Waals surface area contributed by atoms with Gasteiger partial charge in [-0.05, 0) is 35.0 Å². The summed E-state index contributed by atoms with van der Waals surface area (Å²) in [6.07, 6.45) is 0. The van der Waals surface area contributed by atoms with Crippen LogP contribution in [0.25, 0.3) is 11.4 Å². The smallest absolute Gasteiger partial charge is 0.161 e. The molecule has 0 aliphatic carbocycles. The highest BCUT2D eigenvalue weighted by molar-refractivity contribution is 9.10. The minimum Gasteiger partial charge on any atom is -0.372 e. The van der Waals surface area contributed by atoms with Gasteiger partial charge >= 0.3 is 0 Å². The van der Waals surface area contributed by atoms with Crippen molar-refractivity contribution in [3.8, 4) is 11.4 Å². The van der Waals surface area contributed by atoms with Gasteiger partial charge in [0, 0.05) is 17.6 Å². The van der Waals surface area contributed by atoms with E-state index in [-0.39, 0.29) is 0 Å². The predicted molar refractivity (Wildman–Crippen MR) is 74.5 cm³/mol. The molecule has 0 saturated heterocycles. The lowest BCUT2D eigenvalue weighted by atomic mass is 10.2. The molecule has 0 amide bonds. The number of hydrogen-bond donors (Lipinski definition) is 1. The molecule has 88 valence electrons. The summed E-state index contributed by atoms with van der Waals surface area (Å²) in [6.45, 7) is 1.93. The lowest BCUT2D eigenvalue weighted by Crippen LogP contribution is -2.00. The van der Waals surface area contributed by atoms with E-state index in [9.17, 15) is 0 Å². The zero-order valence-electron chi connectivity index (χ0n) is 9.46. The number of halogens is 2. The van der Waals surface area contributed by atoms with E-state index in [0.717, 1.165) is 21.5 Å². The van der Waals surface area contributed by atoms with Crippen molar-refractivity contribution in [2.45, 2.75) is 6.92 Å². The van der Waals surface area contributed by atoms with Crippen molar-refractivity contribution in [2.75, 3.05) is 12.4 Å². The Bertz CT molecular complexity index is 557. The van der Waals surface area contributed by atoms with Crippen LogP contribution in [0.5, 0.6) is 0 Å². The molecule has 3 nitrogen and oxygen atoms in total. The highest BCUT2D eigenvalue weighted by Gasteiger charge is 2.09. The first-order valence-corrected chi connectivity index (χ1v) is 6.26. The van der Waals surface area contributed by atoms with Gasteiger partial charge in [-0.2, -0.15) is 0 Å². The van der Waals surface area contributed by atoms with Crippen molar-refractivity contribution in [3.05, 3.63) is 39.5 Å². The number of nitrogens with one attached hydrogen (secondary N) is 1. The number of anilines is 1. The first-order chi connectivity index (χ1) is 8.11. The van der Waals surface area contributed by atoms with Crippen molar-refractivity contribution < 1.29 is 0 Å². The van der Waals surface area contributed by atoms with Crippen LogP contribution in [0, 0.1) is 6.92 Å². The zero-order valence-corrected chi connectivity index (χ0v) is 11.8. The highest BCUT2D eigenvalue weighted by atomic mass is 79.9. The van der Waals surface area contributed by atoms with Gasteiger partial charge in [0.1, 0.15) is 5.82 Å². The molecule has 1 aromatic heterocycles. The molecule has 0 bridgehead atoms. The molecule has 0 saturated carbocycles. The fourth-order valence-corrected chi connectivity index (χ4v) is 2.05. The Morgan fingerprint density at radius 3 is 2.71 bits per heavy atom. The van der Waals surface area contributed by atoms with Gasteiger partial charge < -0.3 is 5.32 Å². The van der Waals surface area contributed by atoms with Gasteiger partial charge in [-0.3, -0.25) is 0 Å². The lowest BCUT2D eigenvalue weighted by molar-refractivity contribution is 1.09. The third kappa shape index (κ3) is 2.58. The van der Waals surface area contributed by atoms with E-state index < -0.39 is 0 Å². The molecule has 0 atom stereocenters. The molecule has 0 spiro atoms. The van der Waals surface area contributed by atoms with Crippen LogP contribution in [0.4, 0.5) is 5.82 Å². The van der Waals surface area contributed by atoms with Gasteiger partial charge in [0.2, 0.25) is 0 Å². The van der Waals surface area contributed by atoms with Crippen molar-refractivity contribution in [2.24, 2.45) is 0 Å². The summed E-state index contributed by atoms with van der Waals surface area (Å²) in [5.74, 6) is 1.44. The molecule has 5 heteroatoms. The molecule has 2 rings (SSSR count). The maximum Gasteiger partial charge on any atom is 0.161 e. The van der Waals surface area contributed by atoms with Crippen LogP contribution in [-0.2, 0) is 0 Å². The largest absolute Gasteiger partial charge is 0.372 e. The van der Waals surface area contributed by atoms with Gasteiger partial charge in [0.25, 0.3) is 0 Å². The van der Waals surface area contributed by atoms with Gasteiger partial charge in [-0.15, -0.1) is 0 Å². The van der Waals surface area contributed by atoms with Gasteiger partial charge in [0.15, 0.2) is 5.82 Å². The Morgan fingerprint density at radius 1 is 1.29 bits per heavy atom. The fraction of sp³-hybridized carbons (Fsp3) is 0.167. The SMILES string of the molecule is CNc1nc(-c2cccc(Cl)c2)nc(C)c1Br. The van der Waals surface area contributed by atoms with Crippen LogP contribution < -0.4 is 5.32 Å². The summed E-state index contributed by atoms with van der Waals surface area (Å²) in [5.41, 5.74) is 1.80. The maximum atomic E-state index is 5.96. The van der Waals surface area contributed by atoms with Crippen LogP contribution in [0.2, 0.25) is 5.02 Å². The van der Waals surface area contributed by atoms with Crippen LogP contribution in [-0.4, -0.2) is 17.0 Å². The minimum atomic E-state index is 0.664. The second kappa shape index (κ2) is 5.02. The second-order valence-electron chi connectivity index (χ2n) is 3.56.